The van der Waals surface area contributed by atoms with Crippen molar-refractivity contribution in [1.82, 2.24) is 30.6 Å². The minimum absolute atomic E-state index is 0.427. The van der Waals surface area contributed by atoms with Crippen LogP contribution in [-0.2, 0) is 19.2 Å². The van der Waals surface area contributed by atoms with Crippen LogP contribution >= 0.6 is 0 Å². The number of aromatic nitrogens is 4. The number of carbonyl (C=O) groups is 4. The van der Waals surface area contributed by atoms with Crippen LogP contribution in [0.15, 0.2) is 60.9 Å². The van der Waals surface area contributed by atoms with Gasteiger partial charge in [-0.2, -0.15) is 0 Å². The number of carbonyl (C=O) groups excluding carboxylic acids is 4. The Hall–Kier alpha value is -5.26. The van der Waals surface area contributed by atoms with Gasteiger partial charge in [-0.15, -0.1) is 0 Å². The highest BCUT2D eigenvalue weighted by atomic mass is 16.2. The second kappa shape index (κ2) is 12.2. The van der Waals surface area contributed by atoms with Crippen molar-refractivity contribution in [3.05, 3.63) is 72.6 Å². The van der Waals surface area contributed by atoms with Crippen molar-refractivity contribution in [3.63, 3.8) is 0 Å². The lowest BCUT2D eigenvalue weighted by molar-refractivity contribution is -0.138. The quantitative estimate of drug-likeness (QED) is 0.176. The average molecular weight is 599 g/mol. The lowest BCUT2D eigenvalue weighted by Crippen LogP contribution is -2.43. The Bertz CT molecular complexity index is 1550. The number of amides is 4. The maximum absolute atomic E-state index is 12.0. The van der Waals surface area contributed by atoms with Crippen molar-refractivity contribution in [2.24, 2.45) is 22.3 Å². The number of hydrogen-bond donors (Lipinski definition) is 6. The molecule has 0 radical (unpaired) electrons. The van der Waals surface area contributed by atoms with Gasteiger partial charge < -0.3 is 32.1 Å². The van der Waals surface area contributed by atoms with Crippen LogP contribution in [-0.4, -0.2) is 43.6 Å². The minimum atomic E-state index is -1.05. The topological polar surface area (TPSA) is 202 Å². The van der Waals surface area contributed by atoms with Crippen molar-refractivity contribution in [2.45, 2.75) is 53.6 Å². The first-order chi connectivity index (χ1) is 20.5. The van der Waals surface area contributed by atoms with E-state index >= 15 is 0 Å². The summed E-state index contributed by atoms with van der Waals surface area (Å²) < 4.78 is 0. The van der Waals surface area contributed by atoms with Gasteiger partial charge in [0, 0.05) is 0 Å². The molecule has 4 aromatic rings. The van der Waals surface area contributed by atoms with Crippen LogP contribution in [0.5, 0.6) is 0 Å². The predicted octanol–water partition coefficient (Wildman–Crippen LogP) is 3.51. The molecule has 4 amide bonds. The maximum Gasteiger partial charge on any atom is 0.309 e. The van der Waals surface area contributed by atoms with Crippen molar-refractivity contribution in [2.75, 3.05) is 0 Å². The van der Waals surface area contributed by atoms with Crippen molar-refractivity contribution in [1.29, 1.82) is 0 Å². The van der Waals surface area contributed by atoms with E-state index in [1.165, 1.54) is 0 Å². The molecule has 0 aliphatic carbocycles. The van der Waals surface area contributed by atoms with Crippen LogP contribution in [0.3, 0.4) is 0 Å². The summed E-state index contributed by atoms with van der Waals surface area (Å²) in [7, 11) is 0. The van der Waals surface area contributed by atoms with Gasteiger partial charge >= 0.3 is 23.6 Å². The van der Waals surface area contributed by atoms with Gasteiger partial charge in [0.25, 0.3) is 0 Å². The molecule has 0 saturated carbocycles. The number of rotatable bonds is 7. The van der Waals surface area contributed by atoms with Crippen LogP contribution < -0.4 is 22.1 Å². The monoisotopic (exact) mass is 598 g/mol. The summed E-state index contributed by atoms with van der Waals surface area (Å²) in [6.07, 6.45) is 3.38. The first-order valence-corrected chi connectivity index (χ1v) is 14.1. The number of H-pyrrole nitrogens is 2. The fourth-order valence-electron chi connectivity index (χ4n) is 4.74. The largest absolute Gasteiger partial charge is 0.361 e. The van der Waals surface area contributed by atoms with Gasteiger partial charge in [-0.25, -0.2) is 9.97 Å². The first-order valence-electron chi connectivity index (χ1n) is 14.1. The molecule has 44 heavy (non-hydrogen) atoms. The number of hydrogen-bond acceptors (Lipinski definition) is 6. The van der Waals surface area contributed by atoms with E-state index in [9.17, 15) is 19.2 Å². The Morgan fingerprint density at radius 1 is 0.591 bits per heavy atom. The summed E-state index contributed by atoms with van der Waals surface area (Å²) in [5.74, 6) is -2.79. The van der Waals surface area contributed by atoms with Crippen molar-refractivity contribution < 1.29 is 19.2 Å². The molecule has 12 heteroatoms. The first kappa shape index (κ1) is 31.7. The highest BCUT2D eigenvalue weighted by molar-refractivity contribution is 6.34. The van der Waals surface area contributed by atoms with E-state index in [0.717, 1.165) is 33.6 Å². The number of primary amides is 2. The molecule has 0 bridgehead atoms. The van der Waals surface area contributed by atoms with E-state index in [2.05, 4.69) is 30.6 Å². The summed E-state index contributed by atoms with van der Waals surface area (Å²) >= 11 is 0. The molecule has 0 unspecified atom stereocenters. The lowest BCUT2D eigenvalue weighted by atomic mass is 9.86. The predicted molar refractivity (Wildman–Crippen MR) is 166 cm³/mol. The molecule has 0 saturated heterocycles. The highest BCUT2D eigenvalue weighted by Crippen LogP contribution is 2.34. The normalized spacial score (nSPS) is 13.1. The number of benzene rings is 2. The third kappa shape index (κ3) is 7.20. The second-order valence-electron chi connectivity index (χ2n) is 12.8. The number of aromatic amines is 2. The van der Waals surface area contributed by atoms with E-state index in [-0.39, 0.29) is 0 Å². The molecular formula is C32H38N8O4. The van der Waals surface area contributed by atoms with Crippen LogP contribution in [0, 0.1) is 10.8 Å². The van der Waals surface area contributed by atoms with E-state index in [0.29, 0.717) is 11.6 Å². The van der Waals surface area contributed by atoms with Gasteiger partial charge in [0.2, 0.25) is 0 Å². The minimum Gasteiger partial charge on any atom is -0.361 e. The maximum atomic E-state index is 12.0. The van der Waals surface area contributed by atoms with Crippen LogP contribution in [0.4, 0.5) is 0 Å². The third-order valence-corrected chi connectivity index (χ3v) is 7.19. The van der Waals surface area contributed by atoms with E-state index in [1.54, 1.807) is 12.4 Å². The standard InChI is InChI=1S/C32H38N8O4/c1-31(2,3)23(39-29(43)25(33)41)27-35-15-21(37-27)19-11-7-17(8-12-19)18-9-13-20(14-10-18)22-16-36-28(38-22)24(32(4,5)6)40-30(44)26(34)42/h7-16,23-24H,1-6H3,(H2,33,41)(H2,34,42)(H,35,37)(H,36,38)(H,39,43)(H,40,44)/t23-,24-/m1/s1. The molecule has 0 aliphatic heterocycles. The average Bonchev–Trinajstić information content (AvgIpc) is 3.64. The Morgan fingerprint density at radius 3 is 1.16 bits per heavy atom. The van der Waals surface area contributed by atoms with Crippen molar-refractivity contribution >= 4 is 23.6 Å². The molecule has 2 atom stereocenters. The lowest BCUT2D eigenvalue weighted by Gasteiger charge is -2.29. The molecule has 12 nitrogen and oxygen atoms in total. The Labute approximate surface area is 255 Å². The molecule has 2 aromatic heterocycles. The molecule has 4 rings (SSSR count). The molecule has 8 N–H and O–H groups in total. The highest BCUT2D eigenvalue weighted by Gasteiger charge is 2.32. The summed E-state index contributed by atoms with van der Waals surface area (Å²) in [4.78, 5) is 62.1. The number of nitrogens with zero attached hydrogens (tertiary/aromatic N) is 2. The number of imidazole rings is 2. The van der Waals surface area contributed by atoms with Crippen molar-refractivity contribution in [3.8, 4) is 33.6 Å². The number of nitrogens with two attached hydrogens (primary N) is 2. The second-order valence-corrected chi connectivity index (χ2v) is 12.8. The molecular weight excluding hydrogens is 560 g/mol. The molecule has 0 fully saturated rings. The fourth-order valence-corrected chi connectivity index (χ4v) is 4.74. The summed E-state index contributed by atoms with van der Waals surface area (Å²) in [6, 6.07) is 14.8. The Morgan fingerprint density at radius 2 is 0.886 bits per heavy atom. The van der Waals surface area contributed by atoms with Gasteiger partial charge in [0.1, 0.15) is 11.6 Å². The SMILES string of the molecule is CC(C)(C)[C@H](NC(=O)C(N)=O)c1ncc(-c2ccc(-c3ccc(-c4cnc([C@@H](NC(=O)C(N)=O)C(C)(C)C)[nH]4)cc3)cc2)[nH]1. The molecule has 0 aliphatic rings. The molecule has 0 spiro atoms. The summed E-state index contributed by atoms with van der Waals surface area (Å²) in [6.45, 7) is 11.6. The molecule has 2 heterocycles. The van der Waals surface area contributed by atoms with Crippen LogP contribution in [0.25, 0.3) is 33.6 Å². The summed E-state index contributed by atoms with van der Waals surface area (Å²) in [5, 5.41) is 5.32. The Kier molecular flexibility index (Phi) is 8.75. The zero-order valence-corrected chi connectivity index (χ0v) is 25.6. The van der Waals surface area contributed by atoms with E-state index in [1.807, 2.05) is 90.1 Å². The zero-order valence-electron chi connectivity index (χ0n) is 25.6. The van der Waals surface area contributed by atoms with Crippen LogP contribution in [0.2, 0.25) is 0 Å². The number of nitrogens with one attached hydrogen (secondary N) is 4. The summed E-state index contributed by atoms with van der Waals surface area (Å²) in [5.41, 5.74) is 14.8. The van der Waals surface area contributed by atoms with Gasteiger partial charge in [0.15, 0.2) is 0 Å². The zero-order chi connectivity index (χ0) is 32.4. The van der Waals surface area contributed by atoms with Gasteiger partial charge in [0.05, 0.1) is 35.9 Å². The van der Waals surface area contributed by atoms with Gasteiger partial charge in [-0.05, 0) is 33.1 Å². The van der Waals surface area contributed by atoms with E-state index < -0.39 is 46.5 Å². The third-order valence-electron chi connectivity index (χ3n) is 7.19. The Balaban J connectivity index is 1.50. The van der Waals surface area contributed by atoms with Gasteiger partial charge in [-0.3, -0.25) is 19.2 Å². The fraction of sp³-hybridized carbons (Fsp3) is 0.312. The van der Waals surface area contributed by atoms with Crippen LogP contribution in [0.1, 0.15) is 65.3 Å². The smallest absolute Gasteiger partial charge is 0.309 e. The van der Waals surface area contributed by atoms with Gasteiger partial charge in [-0.1, -0.05) is 90.1 Å². The van der Waals surface area contributed by atoms with E-state index in [4.69, 9.17) is 11.5 Å². The molecule has 230 valence electrons. The molecule has 2 aromatic carbocycles.